The molecule has 0 unspecified atom stereocenters. The molecule has 3 aromatic carbocycles. The summed E-state index contributed by atoms with van der Waals surface area (Å²) in [5, 5.41) is 32.1. The molecule has 0 spiro atoms. The molecule has 0 bridgehead atoms. The monoisotopic (exact) mass is 654 g/mol. The Labute approximate surface area is 277 Å². The highest BCUT2D eigenvalue weighted by atomic mass is 19.1. The van der Waals surface area contributed by atoms with E-state index in [1.54, 1.807) is 6.07 Å². The number of carbonyl (C=O) groups is 2. The fourth-order valence-electron chi connectivity index (χ4n) is 7.34. The number of non-ortho nitro benzene ring substituents is 1. The summed E-state index contributed by atoms with van der Waals surface area (Å²) in [5.74, 6) is -3.41. The van der Waals surface area contributed by atoms with Crippen LogP contribution in [-0.4, -0.2) is 46.7 Å². The smallest absolute Gasteiger partial charge is 0.455 e. The molecule has 3 aliphatic rings. The van der Waals surface area contributed by atoms with Crippen molar-refractivity contribution in [3.8, 4) is 11.5 Å². The number of allylic oxidation sites excluding steroid dienone is 1. The Hall–Kier alpha value is -4.81. The van der Waals surface area contributed by atoms with Crippen LogP contribution in [0.5, 0.6) is 11.5 Å². The van der Waals surface area contributed by atoms with E-state index in [-0.39, 0.29) is 30.7 Å². The van der Waals surface area contributed by atoms with E-state index in [1.165, 1.54) is 36.4 Å². The van der Waals surface area contributed by atoms with Gasteiger partial charge in [-0.05, 0) is 85.0 Å². The molecule has 2 amide bonds. The van der Waals surface area contributed by atoms with E-state index >= 15 is 0 Å². The predicted molar refractivity (Wildman–Crippen MR) is 177 cm³/mol. The highest BCUT2D eigenvalue weighted by Crippen LogP contribution is 2.51. The average Bonchev–Trinajstić information content (AvgIpc) is 3.33. The van der Waals surface area contributed by atoms with Gasteiger partial charge in [-0.2, -0.15) is 0 Å². The highest BCUT2D eigenvalue weighted by molar-refractivity contribution is 6.43. The molecule has 1 aliphatic carbocycles. The number of anilines is 1. The normalized spacial score (nSPS) is 22.5. The van der Waals surface area contributed by atoms with Gasteiger partial charge in [0.2, 0.25) is 11.8 Å². The lowest BCUT2D eigenvalue weighted by Gasteiger charge is -2.43. The van der Waals surface area contributed by atoms with Crippen molar-refractivity contribution in [2.75, 3.05) is 11.5 Å². The molecular weight excluding hydrogens is 618 g/mol. The van der Waals surface area contributed by atoms with Gasteiger partial charge in [0, 0.05) is 12.1 Å². The minimum Gasteiger partial charge on any atom is -0.505 e. The number of hydrogen-bond donors (Lipinski definition) is 2. The summed E-state index contributed by atoms with van der Waals surface area (Å²) < 4.78 is 26.4. The number of benzene rings is 3. The van der Waals surface area contributed by atoms with Crippen molar-refractivity contribution in [1.29, 1.82) is 0 Å². The molecule has 10 nitrogen and oxygen atoms in total. The average molecular weight is 655 g/mol. The number of phenolic OH excluding ortho intramolecular Hbond substituents is 1. The van der Waals surface area contributed by atoms with Gasteiger partial charge < -0.3 is 19.5 Å². The molecule has 2 saturated heterocycles. The van der Waals surface area contributed by atoms with Gasteiger partial charge in [-0.3, -0.25) is 19.7 Å². The Morgan fingerprint density at radius 3 is 2.60 bits per heavy atom. The van der Waals surface area contributed by atoms with Gasteiger partial charge in [0.1, 0.15) is 12.4 Å². The summed E-state index contributed by atoms with van der Waals surface area (Å²) >= 11 is 0. The van der Waals surface area contributed by atoms with E-state index < -0.39 is 59.3 Å². The topological polar surface area (TPSA) is 139 Å². The summed E-state index contributed by atoms with van der Waals surface area (Å²) in [6.07, 6.45) is 4.24. The second-order valence-electron chi connectivity index (χ2n) is 12.5. The summed E-state index contributed by atoms with van der Waals surface area (Å²) in [7, 11) is -1.18. The minimum atomic E-state index is -1.18. The Bertz CT molecular complexity index is 1780. The molecule has 2 fully saturated rings. The van der Waals surface area contributed by atoms with Crippen molar-refractivity contribution in [3.63, 3.8) is 0 Å². The predicted octanol–water partition coefficient (Wildman–Crippen LogP) is 6.48. The molecule has 3 aromatic rings. The second kappa shape index (κ2) is 14.1. The third-order valence-corrected chi connectivity index (χ3v) is 9.40. The van der Waals surface area contributed by atoms with Gasteiger partial charge in [-0.25, -0.2) is 9.29 Å². The molecule has 0 radical (unpaired) electrons. The summed E-state index contributed by atoms with van der Waals surface area (Å²) in [6, 6.07) is 19.0. The van der Waals surface area contributed by atoms with Gasteiger partial charge in [0.05, 0.1) is 28.6 Å². The number of amides is 2. The summed E-state index contributed by atoms with van der Waals surface area (Å²) in [4.78, 5) is 40.0. The van der Waals surface area contributed by atoms with Gasteiger partial charge in [-0.15, -0.1) is 0 Å². The number of imide groups is 1. The maximum atomic E-state index is 14.1. The van der Waals surface area contributed by atoms with E-state index in [4.69, 9.17) is 9.39 Å². The fraction of sp³-hybridized carbons (Fsp3) is 0.333. The Morgan fingerprint density at radius 2 is 1.88 bits per heavy atom. The quantitative estimate of drug-likeness (QED) is 0.0787. The zero-order valence-corrected chi connectivity index (χ0v) is 26.5. The van der Waals surface area contributed by atoms with E-state index in [1.807, 2.05) is 43.3 Å². The number of ether oxygens (including phenoxy) is 1. The summed E-state index contributed by atoms with van der Waals surface area (Å²) in [5.41, 5.74) is 3.22. The SMILES string of the molecule is CCC/C(=C\c1ccc(O)c(F)c1)CC[C@H]1OB(O)C[C@H]2C1=C(COc1ccccc1)C[C@H]1C(=O)N(c3cccc([N+](=O)[O-])c3)C(=O)[C@H]12. The first-order valence-corrected chi connectivity index (χ1v) is 16.2. The van der Waals surface area contributed by atoms with Crippen molar-refractivity contribution >= 4 is 36.4 Å². The number of para-hydroxylation sites is 1. The maximum absolute atomic E-state index is 14.1. The molecule has 2 aliphatic heterocycles. The third-order valence-electron chi connectivity index (χ3n) is 9.40. The summed E-state index contributed by atoms with van der Waals surface area (Å²) in [6.45, 7) is 2.19. The van der Waals surface area contributed by atoms with E-state index in [2.05, 4.69) is 0 Å². The minimum absolute atomic E-state index is 0.105. The first-order chi connectivity index (χ1) is 23.1. The number of fused-ring (bicyclic) bond motifs is 3. The number of phenols is 1. The lowest BCUT2D eigenvalue weighted by molar-refractivity contribution is -0.384. The number of nitro groups is 1. The molecule has 0 aromatic heterocycles. The van der Waals surface area contributed by atoms with Crippen LogP contribution in [0, 0.1) is 33.7 Å². The number of nitrogens with zero attached hydrogens (tertiary/aromatic N) is 2. The lowest BCUT2D eigenvalue weighted by atomic mass is 9.58. The fourth-order valence-corrected chi connectivity index (χ4v) is 7.34. The lowest BCUT2D eigenvalue weighted by Crippen LogP contribution is -2.46. The number of hydrogen-bond acceptors (Lipinski definition) is 8. The second-order valence-corrected chi connectivity index (χ2v) is 12.5. The first-order valence-electron chi connectivity index (χ1n) is 16.2. The van der Waals surface area contributed by atoms with Crippen LogP contribution >= 0.6 is 0 Å². The van der Waals surface area contributed by atoms with Gasteiger partial charge in [0.25, 0.3) is 5.69 Å². The Morgan fingerprint density at radius 1 is 1.08 bits per heavy atom. The largest absolute Gasteiger partial charge is 0.505 e. The van der Waals surface area contributed by atoms with Gasteiger partial charge >= 0.3 is 7.12 Å². The standard InChI is InChI=1S/C36H36BFN2O8/c1-2-7-22(16-23-12-14-31(41)30(38)17-23)13-15-32-33-24(21-47-27-10-4-3-5-11-27)18-28-34(29(33)20-37(44)48-32)36(43)39(35(28)42)25-8-6-9-26(19-25)40(45)46/h3-6,8-12,14,16-17,19,28-29,32,34,41,44H,2,7,13,15,18,20-21H2,1H3/b22-16+/t28-,29+,32-,34-/m1/s1. The van der Waals surface area contributed by atoms with Crippen molar-refractivity contribution in [2.24, 2.45) is 17.8 Å². The van der Waals surface area contributed by atoms with Crippen LogP contribution in [0.3, 0.4) is 0 Å². The molecular formula is C36H36BFN2O8. The van der Waals surface area contributed by atoms with Crippen LogP contribution in [0.25, 0.3) is 6.08 Å². The van der Waals surface area contributed by atoms with Crippen LogP contribution in [0.2, 0.25) is 6.32 Å². The van der Waals surface area contributed by atoms with Crippen LogP contribution in [0.1, 0.15) is 44.6 Å². The zero-order valence-electron chi connectivity index (χ0n) is 26.5. The Balaban J connectivity index is 1.34. The molecule has 0 saturated carbocycles. The van der Waals surface area contributed by atoms with Crippen LogP contribution in [0.15, 0.2) is 89.5 Å². The number of carbonyl (C=O) groups excluding carboxylic acids is 2. The van der Waals surface area contributed by atoms with Crippen LogP contribution in [0.4, 0.5) is 15.8 Å². The van der Waals surface area contributed by atoms with Crippen molar-refractivity contribution in [3.05, 3.63) is 111 Å². The molecule has 12 heteroatoms. The van der Waals surface area contributed by atoms with Crippen molar-refractivity contribution in [2.45, 2.75) is 51.5 Å². The third kappa shape index (κ3) is 6.76. The van der Waals surface area contributed by atoms with Crippen LogP contribution in [-0.2, 0) is 14.2 Å². The number of rotatable bonds is 11. The Kier molecular flexibility index (Phi) is 9.74. The van der Waals surface area contributed by atoms with E-state index in [9.17, 15) is 34.2 Å². The number of nitro benzene ring substituents is 1. The molecule has 2 heterocycles. The van der Waals surface area contributed by atoms with Gasteiger partial charge in [-0.1, -0.05) is 55.3 Å². The molecule has 248 valence electrons. The van der Waals surface area contributed by atoms with E-state index in [0.29, 0.717) is 24.2 Å². The molecule has 48 heavy (non-hydrogen) atoms. The number of aromatic hydroxyl groups is 1. The first kappa shape index (κ1) is 33.1. The van der Waals surface area contributed by atoms with Gasteiger partial charge in [0.15, 0.2) is 11.6 Å². The van der Waals surface area contributed by atoms with E-state index in [0.717, 1.165) is 34.5 Å². The maximum Gasteiger partial charge on any atom is 0.455 e. The zero-order chi connectivity index (χ0) is 33.9. The highest BCUT2D eigenvalue weighted by Gasteiger charge is 2.57. The molecule has 6 rings (SSSR count). The molecule has 2 N–H and O–H groups in total. The number of halogens is 1. The van der Waals surface area contributed by atoms with Crippen molar-refractivity contribution < 1.29 is 38.4 Å². The van der Waals surface area contributed by atoms with Crippen molar-refractivity contribution in [1.82, 2.24) is 0 Å². The molecule has 4 atom stereocenters. The van der Waals surface area contributed by atoms with Crippen LogP contribution < -0.4 is 9.64 Å².